The zero-order valence-electron chi connectivity index (χ0n) is 18.8. The number of aliphatic carboxylic acids is 2. The van der Waals surface area contributed by atoms with Crippen LogP contribution in [-0.4, -0.2) is 99.0 Å². The Kier molecular flexibility index (Phi) is 13.1. The van der Waals surface area contributed by atoms with Crippen molar-refractivity contribution < 1.29 is 44.4 Å². The largest absolute Gasteiger partial charge is 0.481 e. The van der Waals surface area contributed by atoms with Crippen molar-refractivity contribution in [3.8, 4) is 0 Å². The average molecular weight is 492 g/mol. The zero-order chi connectivity index (χ0) is 26.6. The number of aliphatic hydroxyl groups is 2. The van der Waals surface area contributed by atoms with Gasteiger partial charge >= 0.3 is 11.9 Å². The number of carboxylic acid groups (broad SMARTS) is 2. The molecule has 0 aliphatic carbocycles. The molecule has 0 aromatic carbocycles. The number of rotatable bonds is 15. The van der Waals surface area contributed by atoms with Crippen LogP contribution in [0.4, 0.5) is 0 Å². The number of guanidine groups is 1. The van der Waals surface area contributed by atoms with E-state index >= 15 is 0 Å². The smallest absolute Gasteiger partial charge is 0.326 e. The Labute approximate surface area is 194 Å². The summed E-state index contributed by atoms with van der Waals surface area (Å²) in [6, 6.07) is -6.21. The maximum Gasteiger partial charge on any atom is 0.326 e. The Bertz CT molecular complexity index is 769. The Balaban J connectivity index is 5.31. The highest BCUT2D eigenvalue weighted by atomic mass is 16.4. The van der Waals surface area contributed by atoms with Crippen LogP contribution in [0.15, 0.2) is 4.99 Å². The van der Waals surface area contributed by atoms with E-state index in [4.69, 9.17) is 22.3 Å². The van der Waals surface area contributed by atoms with Crippen molar-refractivity contribution in [1.82, 2.24) is 16.0 Å². The predicted octanol–water partition coefficient (Wildman–Crippen LogP) is -4.86. The van der Waals surface area contributed by atoms with Crippen LogP contribution in [0.25, 0.3) is 0 Å². The van der Waals surface area contributed by atoms with Gasteiger partial charge in [0.2, 0.25) is 17.7 Å². The summed E-state index contributed by atoms with van der Waals surface area (Å²) in [5, 5.41) is 44.2. The third-order valence-electron chi connectivity index (χ3n) is 4.42. The summed E-state index contributed by atoms with van der Waals surface area (Å²) in [6.07, 6.45) is -3.60. The monoisotopic (exact) mass is 491 g/mol. The molecule has 13 N–H and O–H groups in total. The topological polar surface area (TPSA) is 293 Å². The summed E-state index contributed by atoms with van der Waals surface area (Å²) in [7, 11) is 0. The van der Waals surface area contributed by atoms with Crippen molar-refractivity contribution in [2.75, 3.05) is 6.54 Å². The van der Waals surface area contributed by atoms with Gasteiger partial charge in [0.1, 0.15) is 18.1 Å². The minimum atomic E-state index is -1.66. The molecule has 0 saturated carbocycles. The molecule has 0 bridgehead atoms. The second-order valence-electron chi connectivity index (χ2n) is 7.51. The molecular formula is C18H33N7O9. The fourth-order valence-electron chi connectivity index (χ4n) is 2.62. The minimum absolute atomic E-state index is 0.0633. The number of aliphatic hydroxyl groups excluding tert-OH is 2. The van der Waals surface area contributed by atoms with Gasteiger partial charge in [-0.3, -0.25) is 24.2 Å². The maximum absolute atomic E-state index is 12.6. The second-order valence-corrected chi connectivity index (χ2v) is 7.51. The van der Waals surface area contributed by atoms with E-state index < -0.39 is 72.5 Å². The fourth-order valence-corrected chi connectivity index (χ4v) is 2.62. The summed E-state index contributed by atoms with van der Waals surface area (Å²) in [4.78, 5) is 63.0. The number of nitrogens with two attached hydrogens (primary N) is 3. The Morgan fingerprint density at radius 3 is 1.74 bits per heavy atom. The number of aliphatic imine (C=N–C) groups is 1. The van der Waals surface area contributed by atoms with Crippen molar-refractivity contribution in [1.29, 1.82) is 0 Å². The first-order valence-corrected chi connectivity index (χ1v) is 10.2. The number of carbonyl (C=O) groups is 5. The second kappa shape index (κ2) is 14.6. The zero-order valence-corrected chi connectivity index (χ0v) is 18.8. The summed E-state index contributed by atoms with van der Waals surface area (Å²) < 4.78 is 0. The molecule has 0 radical (unpaired) electrons. The van der Waals surface area contributed by atoms with Gasteiger partial charge < -0.3 is 53.6 Å². The highest BCUT2D eigenvalue weighted by Gasteiger charge is 2.34. The summed E-state index contributed by atoms with van der Waals surface area (Å²) >= 11 is 0. The molecule has 6 unspecified atom stereocenters. The number of hydrogen-bond donors (Lipinski definition) is 10. The Morgan fingerprint density at radius 2 is 1.32 bits per heavy atom. The van der Waals surface area contributed by atoms with E-state index in [9.17, 15) is 39.3 Å². The van der Waals surface area contributed by atoms with Gasteiger partial charge in [0.05, 0.1) is 24.7 Å². The van der Waals surface area contributed by atoms with Crippen LogP contribution >= 0.6 is 0 Å². The van der Waals surface area contributed by atoms with Crippen LogP contribution in [0.5, 0.6) is 0 Å². The molecule has 0 rings (SSSR count). The van der Waals surface area contributed by atoms with Crippen LogP contribution in [0.1, 0.15) is 33.1 Å². The minimum Gasteiger partial charge on any atom is -0.481 e. The van der Waals surface area contributed by atoms with Crippen molar-refractivity contribution in [2.45, 2.75) is 69.5 Å². The van der Waals surface area contributed by atoms with Crippen LogP contribution in [0.2, 0.25) is 0 Å². The van der Waals surface area contributed by atoms with E-state index in [1.807, 2.05) is 0 Å². The molecule has 16 nitrogen and oxygen atoms in total. The lowest BCUT2D eigenvalue weighted by Crippen LogP contribution is -2.61. The summed E-state index contributed by atoms with van der Waals surface area (Å²) in [5.41, 5.74) is 15.8. The van der Waals surface area contributed by atoms with Gasteiger partial charge in [-0.25, -0.2) is 4.79 Å². The molecule has 3 amide bonds. The lowest BCUT2D eigenvalue weighted by molar-refractivity contribution is -0.143. The molecule has 0 spiro atoms. The van der Waals surface area contributed by atoms with E-state index in [1.54, 1.807) is 0 Å². The van der Waals surface area contributed by atoms with Crippen molar-refractivity contribution in [3.63, 3.8) is 0 Å². The summed E-state index contributed by atoms with van der Waals surface area (Å²) in [6.45, 7) is 2.40. The lowest BCUT2D eigenvalue weighted by atomic mass is 10.1. The molecule has 0 fully saturated rings. The van der Waals surface area contributed by atoms with Gasteiger partial charge in [0.25, 0.3) is 0 Å². The number of amides is 3. The molecule has 194 valence electrons. The highest BCUT2D eigenvalue weighted by molar-refractivity contribution is 5.95. The lowest BCUT2D eigenvalue weighted by Gasteiger charge is -2.27. The number of carbonyl (C=O) groups excluding carboxylic acids is 3. The molecule has 0 aromatic heterocycles. The predicted molar refractivity (Wildman–Crippen MR) is 117 cm³/mol. The maximum atomic E-state index is 12.6. The van der Waals surface area contributed by atoms with Gasteiger partial charge in [-0.1, -0.05) is 0 Å². The van der Waals surface area contributed by atoms with Crippen LogP contribution in [0, 0.1) is 0 Å². The van der Waals surface area contributed by atoms with E-state index in [-0.39, 0.29) is 25.3 Å². The van der Waals surface area contributed by atoms with Gasteiger partial charge in [-0.05, 0) is 26.7 Å². The van der Waals surface area contributed by atoms with E-state index in [1.165, 1.54) is 0 Å². The molecule has 0 aliphatic heterocycles. The molecule has 0 aromatic rings. The Morgan fingerprint density at radius 1 is 0.853 bits per heavy atom. The highest BCUT2D eigenvalue weighted by Crippen LogP contribution is 2.03. The van der Waals surface area contributed by atoms with E-state index in [2.05, 4.69) is 20.9 Å². The van der Waals surface area contributed by atoms with Gasteiger partial charge in [0.15, 0.2) is 5.96 Å². The van der Waals surface area contributed by atoms with Gasteiger partial charge in [0, 0.05) is 6.54 Å². The quantitative estimate of drug-likeness (QED) is 0.0586. The molecule has 6 atom stereocenters. The third kappa shape index (κ3) is 11.4. The number of hydrogen-bond acceptors (Lipinski definition) is 9. The first kappa shape index (κ1) is 30.5. The van der Waals surface area contributed by atoms with Crippen molar-refractivity contribution >= 4 is 35.6 Å². The fraction of sp³-hybridized carbons (Fsp3) is 0.667. The number of nitrogens with zero attached hydrogens (tertiary/aromatic N) is 1. The molecule has 16 heteroatoms. The molecule has 0 heterocycles. The first-order valence-electron chi connectivity index (χ1n) is 10.2. The van der Waals surface area contributed by atoms with E-state index in [0.717, 1.165) is 13.8 Å². The van der Waals surface area contributed by atoms with Gasteiger partial charge in [-0.2, -0.15) is 0 Å². The normalized spacial score (nSPS) is 16.0. The van der Waals surface area contributed by atoms with Crippen molar-refractivity contribution in [2.24, 2.45) is 22.2 Å². The SMILES string of the molecule is CC(O)C(NC(=O)C(N)CC(=O)O)C(=O)NC(C(=O)NC(CCCN=C(N)N)C(=O)O)C(C)O. The van der Waals surface area contributed by atoms with Gasteiger partial charge in [-0.15, -0.1) is 0 Å². The molecule has 0 aliphatic rings. The Hall–Kier alpha value is -3.50. The van der Waals surface area contributed by atoms with Crippen LogP contribution < -0.4 is 33.2 Å². The van der Waals surface area contributed by atoms with Crippen LogP contribution in [0.3, 0.4) is 0 Å². The standard InChI is InChI=1S/C18H33N7O9/c1-7(26)12(15(31)23-10(17(33)34)4-3-5-22-18(20)21)25-16(32)13(8(2)27)24-14(30)9(19)6-11(28)29/h7-10,12-13,26-27H,3-6,19H2,1-2H3,(H,23,31)(H,24,30)(H,25,32)(H,28,29)(H,33,34)(H4,20,21,22). The van der Waals surface area contributed by atoms with E-state index in [0.29, 0.717) is 0 Å². The number of carboxylic acids is 2. The number of nitrogens with one attached hydrogen (secondary N) is 3. The first-order chi connectivity index (χ1) is 15.7. The molecule has 34 heavy (non-hydrogen) atoms. The van der Waals surface area contributed by atoms with Crippen molar-refractivity contribution in [3.05, 3.63) is 0 Å². The molecular weight excluding hydrogens is 458 g/mol. The average Bonchev–Trinajstić information content (AvgIpc) is 2.70. The molecule has 0 saturated heterocycles. The third-order valence-corrected chi connectivity index (χ3v) is 4.42. The van der Waals surface area contributed by atoms with Crippen LogP contribution in [-0.2, 0) is 24.0 Å². The summed E-state index contributed by atoms with van der Waals surface area (Å²) in [5.74, 6) is -6.12.